The normalized spacial score (nSPS) is 16.6. The minimum absolute atomic E-state index is 0.128. The number of ether oxygens (including phenoxy) is 1. The summed E-state index contributed by atoms with van der Waals surface area (Å²) in [6.45, 7) is 5.75. The van der Waals surface area contributed by atoms with Crippen LogP contribution in [0.5, 0.6) is 5.75 Å². The monoisotopic (exact) mass is 439 g/mol. The van der Waals surface area contributed by atoms with Gasteiger partial charge in [0.2, 0.25) is 10.0 Å². The maximum absolute atomic E-state index is 11.8. The lowest BCUT2D eigenvalue weighted by atomic mass is 10.1. The van der Waals surface area contributed by atoms with Gasteiger partial charge in [-0.05, 0) is 57.0 Å². The summed E-state index contributed by atoms with van der Waals surface area (Å²) < 4.78 is 30.3. The van der Waals surface area contributed by atoms with E-state index in [1.165, 1.54) is 22.7 Å². The zero-order valence-electron chi connectivity index (χ0n) is 18.7. The van der Waals surface area contributed by atoms with Gasteiger partial charge in [-0.2, -0.15) is 0 Å². The Morgan fingerprint density at radius 1 is 1.23 bits per heavy atom. The highest BCUT2D eigenvalue weighted by Gasteiger charge is 2.23. The Kier molecular flexibility index (Phi) is 9.87. The number of likely N-dealkylation sites (tertiary alicyclic amines) is 1. The molecule has 1 heterocycles. The molecule has 1 aliphatic rings. The number of rotatable bonds is 11. The molecule has 0 spiro atoms. The third kappa shape index (κ3) is 7.14. The van der Waals surface area contributed by atoms with E-state index >= 15 is 0 Å². The van der Waals surface area contributed by atoms with Gasteiger partial charge in [0.1, 0.15) is 5.75 Å². The van der Waals surface area contributed by atoms with Crippen molar-refractivity contribution in [1.29, 1.82) is 0 Å². The quantitative estimate of drug-likeness (QED) is 0.310. The molecule has 30 heavy (non-hydrogen) atoms. The van der Waals surface area contributed by atoms with E-state index in [1.54, 1.807) is 28.1 Å². The molecule has 1 aromatic carbocycles. The van der Waals surface area contributed by atoms with Gasteiger partial charge in [-0.3, -0.25) is 9.89 Å². The molecule has 1 saturated heterocycles. The van der Waals surface area contributed by atoms with Gasteiger partial charge in [-0.25, -0.2) is 12.7 Å². The van der Waals surface area contributed by atoms with Crippen LogP contribution in [0.2, 0.25) is 0 Å². The van der Waals surface area contributed by atoms with Crippen molar-refractivity contribution in [2.75, 3.05) is 59.7 Å². The molecular weight excluding hydrogens is 402 g/mol. The fourth-order valence-corrected chi connectivity index (χ4v) is 4.47. The molecule has 0 saturated carbocycles. The van der Waals surface area contributed by atoms with E-state index in [-0.39, 0.29) is 11.8 Å². The largest absolute Gasteiger partial charge is 0.497 e. The highest BCUT2D eigenvalue weighted by Crippen LogP contribution is 2.26. The molecule has 2 N–H and O–H groups in total. The number of sulfonamides is 1. The first kappa shape index (κ1) is 24.4. The Morgan fingerprint density at radius 2 is 1.90 bits per heavy atom. The Morgan fingerprint density at radius 3 is 2.47 bits per heavy atom. The lowest BCUT2D eigenvalue weighted by Gasteiger charge is -2.29. The minimum Gasteiger partial charge on any atom is -0.497 e. The lowest BCUT2D eigenvalue weighted by molar-refractivity contribution is 0.245. The number of aliphatic imine (C=N–C) groups is 1. The highest BCUT2D eigenvalue weighted by atomic mass is 32.2. The number of nitrogens with zero attached hydrogens (tertiary/aromatic N) is 3. The number of guanidine groups is 1. The van der Waals surface area contributed by atoms with Crippen LogP contribution in [0.1, 0.15) is 37.8 Å². The number of hydrogen-bond acceptors (Lipinski definition) is 5. The number of benzene rings is 1. The molecule has 0 aliphatic carbocycles. The average Bonchev–Trinajstić information content (AvgIpc) is 3.30. The maximum atomic E-state index is 11.8. The van der Waals surface area contributed by atoms with Crippen LogP contribution in [0.25, 0.3) is 0 Å². The fourth-order valence-electron chi connectivity index (χ4n) is 3.62. The zero-order chi connectivity index (χ0) is 22.0. The Bertz CT molecular complexity index is 761. The highest BCUT2D eigenvalue weighted by molar-refractivity contribution is 7.89. The van der Waals surface area contributed by atoms with E-state index in [0.29, 0.717) is 19.5 Å². The van der Waals surface area contributed by atoms with Gasteiger partial charge in [0, 0.05) is 33.7 Å². The number of hydrogen-bond donors (Lipinski definition) is 2. The molecule has 1 atom stereocenters. The standard InChI is InChI=1S/C21H37N5O3S/c1-5-30(27,28)25(3)14-8-13-23-21(22-2)24-17-20(26-15-6-7-16-26)18-9-11-19(29-4)12-10-18/h9-12,20H,5-8,13-17H2,1-4H3,(H2,22,23,24). The predicted molar refractivity (Wildman–Crippen MR) is 123 cm³/mol. The third-order valence-electron chi connectivity index (χ3n) is 5.55. The predicted octanol–water partition coefficient (Wildman–Crippen LogP) is 1.67. The van der Waals surface area contributed by atoms with E-state index in [9.17, 15) is 8.42 Å². The second kappa shape index (κ2) is 12.1. The summed E-state index contributed by atoms with van der Waals surface area (Å²) in [7, 11) is 1.93. The van der Waals surface area contributed by atoms with Crippen LogP contribution >= 0.6 is 0 Å². The lowest BCUT2D eigenvalue weighted by Crippen LogP contribution is -2.43. The summed E-state index contributed by atoms with van der Waals surface area (Å²) in [6.07, 6.45) is 3.17. The smallest absolute Gasteiger partial charge is 0.213 e. The van der Waals surface area contributed by atoms with Crippen molar-refractivity contribution in [1.82, 2.24) is 19.8 Å². The van der Waals surface area contributed by atoms with Crippen LogP contribution in [0.3, 0.4) is 0 Å². The van der Waals surface area contributed by atoms with Crippen LogP contribution in [0, 0.1) is 0 Å². The van der Waals surface area contributed by atoms with E-state index in [1.807, 2.05) is 12.1 Å². The molecule has 8 nitrogen and oxygen atoms in total. The average molecular weight is 440 g/mol. The van der Waals surface area contributed by atoms with Gasteiger partial charge in [-0.1, -0.05) is 12.1 Å². The molecule has 1 aliphatic heterocycles. The van der Waals surface area contributed by atoms with Crippen molar-refractivity contribution < 1.29 is 13.2 Å². The number of nitrogens with one attached hydrogen (secondary N) is 2. The molecule has 1 fully saturated rings. The van der Waals surface area contributed by atoms with E-state index in [4.69, 9.17) is 4.74 Å². The van der Waals surface area contributed by atoms with Gasteiger partial charge < -0.3 is 15.4 Å². The zero-order valence-corrected chi connectivity index (χ0v) is 19.5. The van der Waals surface area contributed by atoms with Crippen molar-refractivity contribution in [2.45, 2.75) is 32.2 Å². The topological polar surface area (TPSA) is 86.3 Å². The van der Waals surface area contributed by atoms with Crippen molar-refractivity contribution in [3.05, 3.63) is 29.8 Å². The van der Waals surface area contributed by atoms with Gasteiger partial charge in [0.05, 0.1) is 18.9 Å². The summed E-state index contributed by atoms with van der Waals surface area (Å²) in [6, 6.07) is 8.53. The molecule has 9 heteroatoms. The van der Waals surface area contributed by atoms with E-state index in [0.717, 1.165) is 31.3 Å². The Balaban J connectivity index is 1.88. The summed E-state index contributed by atoms with van der Waals surface area (Å²) in [5.74, 6) is 1.72. The molecule has 170 valence electrons. The molecular formula is C21H37N5O3S. The van der Waals surface area contributed by atoms with Crippen molar-refractivity contribution in [3.63, 3.8) is 0 Å². The molecule has 0 amide bonds. The van der Waals surface area contributed by atoms with Crippen LogP contribution in [0.4, 0.5) is 0 Å². The van der Waals surface area contributed by atoms with Crippen LogP contribution in [-0.2, 0) is 10.0 Å². The second-order valence-electron chi connectivity index (χ2n) is 7.49. The van der Waals surface area contributed by atoms with Crippen LogP contribution in [-0.4, -0.2) is 83.3 Å². The molecule has 1 aromatic rings. The summed E-state index contributed by atoms with van der Waals surface area (Å²) in [4.78, 5) is 6.82. The van der Waals surface area contributed by atoms with Crippen molar-refractivity contribution in [2.24, 2.45) is 4.99 Å². The third-order valence-corrected chi connectivity index (χ3v) is 7.41. The molecule has 0 radical (unpaired) electrons. The van der Waals surface area contributed by atoms with Gasteiger partial charge in [-0.15, -0.1) is 0 Å². The van der Waals surface area contributed by atoms with E-state index in [2.05, 4.69) is 32.7 Å². The summed E-state index contributed by atoms with van der Waals surface area (Å²) in [5.41, 5.74) is 1.26. The molecule has 0 aromatic heterocycles. The first-order valence-corrected chi connectivity index (χ1v) is 12.3. The molecule has 0 bridgehead atoms. The SMILES string of the molecule is CCS(=O)(=O)N(C)CCCNC(=NC)NCC(c1ccc(OC)cc1)N1CCCC1. The first-order chi connectivity index (χ1) is 14.4. The molecule has 1 unspecified atom stereocenters. The van der Waals surface area contributed by atoms with Crippen LogP contribution < -0.4 is 15.4 Å². The minimum atomic E-state index is -3.13. The number of methoxy groups -OCH3 is 1. The summed E-state index contributed by atoms with van der Waals surface area (Å²) in [5, 5.41) is 6.73. The van der Waals surface area contributed by atoms with Gasteiger partial charge in [0.15, 0.2) is 5.96 Å². The fraction of sp³-hybridized carbons (Fsp3) is 0.667. The van der Waals surface area contributed by atoms with Crippen molar-refractivity contribution in [3.8, 4) is 5.75 Å². The second-order valence-corrected chi connectivity index (χ2v) is 9.85. The van der Waals surface area contributed by atoms with Gasteiger partial charge in [0.25, 0.3) is 0 Å². The van der Waals surface area contributed by atoms with Gasteiger partial charge >= 0.3 is 0 Å². The molecule has 2 rings (SSSR count). The Labute approximate surface area is 181 Å². The maximum Gasteiger partial charge on any atom is 0.213 e. The van der Waals surface area contributed by atoms with Crippen LogP contribution in [0.15, 0.2) is 29.3 Å². The Hall–Kier alpha value is -1.84. The summed E-state index contributed by atoms with van der Waals surface area (Å²) >= 11 is 0. The first-order valence-electron chi connectivity index (χ1n) is 10.7. The van der Waals surface area contributed by atoms with Crippen molar-refractivity contribution >= 4 is 16.0 Å². The van der Waals surface area contributed by atoms with E-state index < -0.39 is 10.0 Å².